The Labute approximate surface area is 159 Å². The van der Waals surface area contributed by atoms with Crippen LogP contribution in [-0.4, -0.2) is 50.3 Å². The molecule has 0 aliphatic carbocycles. The highest BCUT2D eigenvalue weighted by atomic mass is 19.1. The largest absolute Gasteiger partial charge is 0.491 e. The maximum Gasteiger partial charge on any atom is 0.317 e. The van der Waals surface area contributed by atoms with Crippen molar-refractivity contribution in [3.05, 3.63) is 59.9 Å². The highest BCUT2D eigenvalue weighted by molar-refractivity contribution is 5.74. The van der Waals surface area contributed by atoms with Gasteiger partial charge in [0.05, 0.1) is 6.54 Å². The van der Waals surface area contributed by atoms with Gasteiger partial charge in [-0.15, -0.1) is 0 Å². The molecule has 2 aromatic carbocycles. The number of hydrogen-bond donors (Lipinski definition) is 1. The number of urea groups is 1. The van der Waals surface area contributed by atoms with Gasteiger partial charge in [0.15, 0.2) is 0 Å². The molecule has 6 heteroatoms. The number of benzene rings is 2. The summed E-state index contributed by atoms with van der Waals surface area (Å²) in [4.78, 5) is 16.3. The number of piperazine rings is 1. The lowest BCUT2D eigenvalue weighted by molar-refractivity contribution is 0.191. The van der Waals surface area contributed by atoms with Crippen molar-refractivity contribution in [3.63, 3.8) is 0 Å². The molecule has 2 aromatic rings. The quantitative estimate of drug-likeness (QED) is 0.793. The first-order valence-corrected chi connectivity index (χ1v) is 9.41. The first-order valence-electron chi connectivity index (χ1n) is 9.41. The Morgan fingerprint density at radius 3 is 2.48 bits per heavy atom. The van der Waals surface area contributed by atoms with Gasteiger partial charge in [-0.2, -0.15) is 0 Å². The molecule has 0 unspecified atom stereocenters. The van der Waals surface area contributed by atoms with Crippen molar-refractivity contribution in [2.75, 3.05) is 44.2 Å². The zero-order chi connectivity index (χ0) is 19.1. The molecule has 0 aromatic heterocycles. The van der Waals surface area contributed by atoms with Crippen molar-refractivity contribution in [2.45, 2.75) is 13.3 Å². The maximum absolute atomic E-state index is 13.0. The number of nitrogens with zero attached hydrogens (tertiary/aromatic N) is 2. The van der Waals surface area contributed by atoms with Gasteiger partial charge in [-0.25, -0.2) is 9.18 Å². The van der Waals surface area contributed by atoms with E-state index >= 15 is 0 Å². The first-order chi connectivity index (χ1) is 13.2. The van der Waals surface area contributed by atoms with Crippen LogP contribution in [-0.2, 0) is 6.42 Å². The number of rotatable bonds is 6. The van der Waals surface area contributed by atoms with Gasteiger partial charge in [-0.3, -0.25) is 0 Å². The average molecular weight is 371 g/mol. The Bertz CT molecular complexity index is 743. The van der Waals surface area contributed by atoms with Crippen LogP contribution in [0.2, 0.25) is 0 Å². The molecule has 2 amide bonds. The lowest BCUT2D eigenvalue weighted by Gasteiger charge is -2.36. The van der Waals surface area contributed by atoms with Gasteiger partial charge in [-0.1, -0.05) is 25.1 Å². The van der Waals surface area contributed by atoms with Crippen molar-refractivity contribution in [1.29, 1.82) is 0 Å². The molecule has 27 heavy (non-hydrogen) atoms. The Morgan fingerprint density at radius 2 is 1.78 bits per heavy atom. The first kappa shape index (κ1) is 19.0. The summed E-state index contributed by atoms with van der Waals surface area (Å²) in [6, 6.07) is 14.4. The third-order valence-corrected chi connectivity index (χ3v) is 4.75. The lowest BCUT2D eigenvalue weighted by atomic mass is 10.1. The second-order valence-electron chi connectivity index (χ2n) is 6.49. The molecule has 5 nitrogen and oxygen atoms in total. The smallest absolute Gasteiger partial charge is 0.317 e. The predicted molar refractivity (Wildman–Crippen MR) is 105 cm³/mol. The number of para-hydroxylation sites is 1. The van der Waals surface area contributed by atoms with Gasteiger partial charge in [0.2, 0.25) is 0 Å². The minimum absolute atomic E-state index is 0.0684. The Hall–Kier alpha value is -2.76. The van der Waals surface area contributed by atoms with E-state index in [9.17, 15) is 9.18 Å². The topological polar surface area (TPSA) is 44.8 Å². The molecule has 0 bridgehead atoms. The number of amides is 2. The zero-order valence-electron chi connectivity index (χ0n) is 15.7. The molecule has 1 aliphatic rings. The lowest BCUT2D eigenvalue weighted by Crippen LogP contribution is -2.52. The molecular formula is C21H26FN3O2. The second-order valence-corrected chi connectivity index (χ2v) is 6.49. The SMILES string of the molecule is CCc1ccccc1OCCNC(=O)N1CCN(c2ccc(F)cc2)CC1. The summed E-state index contributed by atoms with van der Waals surface area (Å²) in [6.07, 6.45) is 0.918. The van der Waals surface area contributed by atoms with Crippen LogP contribution in [0.15, 0.2) is 48.5 Å². The highest BCUT2D eigenvalue weighted by Gasteiger charge is 2.21. The molecule has 1 saturated heterocycles. The number of nitrogens with one attached hydrogen (secondary N) is 1. The number of carbonyl (C=O) groups excluding carboxylic acids is 1. The van der Waals surface area contributed by atoms with E-state index in [0.29, 0.717) is 26.2 Å². The molecule has 0 radical (unpaired) electrons. The zero-order valence-corrected chi connectivity index (χ0v) is 15.7. The van der Waals surface area contributed by atoms with E-state index in [1.165, 1.54) is 17.7 Å². The summed E-state index contributed by atoms with van der Waals surface area (Å²) in [5.74, 6) is 0.641. The van der Waals surface area contributed by atoms with Crippen molar-refractivity contribution >= 4 is 11.7 Å². The molecule has 1 N–H and O–H groups in total. The fraction of sp³-hybridized carbons (Fsp3) is 0.381. The summed E-state index contributed by atoms with van der Waals surface area (Å²) in [5.41, 5.74) is 2.15. The molecule has 0 atom stereocenters. The molecule has 1 fully saturated rings. The van der Waals surface area contributed by atoms with Crippen LogP contribution in [0.5, 0.6) is 5.75 Å². The number of ether oxygens (including phenoxy) is 1. The number of aryl methyl sites for hydroxylation is 1. The molecular weight excluding hydrogens is 345 g/mol. The summed E-state index contributed by atoms with van der Waals surface area (Å²) in [6.45, 7) is 5.76. The van der Waals surface area contributed by atoms with Crippen LogP contribution >= 0.6 is 0 Å². The summed E-state index contributed by atoms with van der Waals surface area (Å²) in [5, 5.41) is 2.92. The van der Waals surface area contributed by atoms with E-state index in [0.717, 1.165) is 30.9 Å². The third-order valence-electron chi connectivity index (χ3n) is 4.75. The fourth-order valence-corrected chi connectivity index (χ4v) is 3.19. The maximum atomic E-state index is 13.0. The molecule has 3 rings (SSSR count). The number of halogens is 1. The van der Waals surface area contributed by atoms with Crippen molar-refractivity contribution < 1.29 is 13.9 Å². The Balaban J connectivity index is 1.39. The minimum atomic E-state index is -0.236. The van der Waals surface area contributed by atoms with Crippen LogP contribution in [0.25, 0.3) is 0 Å². The molecule has 0 saturated carbocycles. The van der Waals surface area contributed by atoms with Crippen LogP contribution in [0, 0.1) is 5.82 Å². The summed E-state index contributed by atoms with van der Waals surface area (Å²) >= 11 is 0. The molecule has 144 valence electrons. The third kappa shape index (κ3) is 5.12. The number of anilines is 1. The van der Waals surface area contributed by atoms with Crippen LogP contribution < -0.4 is 15.0 Å². The molecule has 1 heterocycles. The summed E-state index contributed by atoms with van der Waals surface area (Å²) < 4.78 is 18.8. The minimum Gasteiger partial charge on any atom is -0.491 e. The Morgan fingerprint density at radius 1 is 1.07 bits per heavy atom. The highest BCUT2D eigenvalue weighted by Crippen LogP contribution is 2.18. The van der Waals surface area contributed by atoms with Crippen molar-refractivity contribution in [3.8, 4) is 5.75 Å². The second kappa shape index (κ2) is 9.26. The van der Waals surface area contributed by atoms with Gasteiger partial charge >= 0.3 is 6.03 Å². The van der Waals surface area contributed by atoms with Crippen LogP contribution in [0.3, 0.4) is 0 Å². The predicted octanol–water partition coefficient (Wildman–Crippen LogP) is 3.30. The van der Waals surface area contributed by atoms with E-state index < -0.39 is 0 Å². The van der Waals surface area contributed by atoms with Crippen molar-refractivity contribution in [1.82, 2.24) is 10.2 Å². The number of hydrogen-bond acceptors (Lipinski definition) is 3. The van der Waals surface area contributed by atoms with E-state index in [4.69, 9.17) is 4.74 Å². The van der Waals surface area contributed by atoms with E-state index in [2.05, 4.69) is 23.2 Å². The van der Waals surface area contributed by atoms with E-state index in [1.54, 1.807) is 17.0 Å². The standard InChI is InChI=1S/C21H26FN3O2/c1-2-17-5-3-4-6-20(17)27-16-11-23-21(26)25-14-12-24(13-15-25)19-9-7-18(22)8-10-19/h3-10H,2,11-16H2,1H3,(H,23,26). The normalized spacial score (nSPS) is 14.1. The molecule has 0 spiro atoms. The van der Waals surface area contributed by atoms with Gasteiger partial charge in [-0.05, 0) is 42.3 Å². The van der Waals surface area contributed by atoms with E-state index in [1.807, 2.05) is 18.2 Å². The Kier molecular flexibility index (Phi) is 6.52. The fourth-order valence-electron chi connectivity index (χ4n) is 3.19. The van der Waals surface area contributed by atoms with Crippen LogP contribution in [0.1, 0.15) is 12.5 Å². The monoisotopic (exact) mass is 371 g/mol. The number of carbonyl (C=O) groups is 1. The van der Waals surface area contributed by atoms with Gasteiger partial charge in [0, 0.05) is 31.9 Å². The van der Waals surface area contributed by atoms with Gasteiger partial charge in [0.25, 0.3) is 0 Å². The molecule has 1 aliphatic heterocycles. The van der Waals surface area contributed by atoms with Gasteiger partial charge in [0.1, 0.15) is 18.2 Å². The average Bonchev–Trinajstić information content (AvgIpc) is 2.72. The van der Waals surface area contributed by atoms with Gasteiger partial charge < -0.3 is 19.9 Å². The van der Waals surface area contributed by atoms with E-state index in [-0.39, 0.29) is 11.8 Å². The van der Waals surface area contributed by atoms with Crippen molar-refractivity contribution in [2.24, 2.45) is 0 Å². The summed E-state index contributed by atoms with van der Waals surface area (Å²) in [7, 11) is 0. The van der Waals surface area contributed by atoms with Crippen LogP contribution in [0.4, 0.5) is 14.9 Å².